The molecule has 0 bridgehead atoms. The van der Waals surface area contributed by atoms with Gasteiger partial charge in [-0.15, -0.1) is 0 Å². The average Bonchev–Trinajstić information content (AvgIpc) is 3.80. The molecule has 8 aromatic carbocycles. The molecule has 0 aliphatic carbocycles. The van der Waals surface area contributed by atoms with Crippen LogP contribution < -0.4 is 0 Å². The van der Waals surface area contributed by atoms with Crippen LogP contribution in [0, 0.1) is 0 Å². The summed E-state index contributed by atoms with van der Waals surface area (Å²) in [7, 11) is 0. The molecule has 56 heavy (non-hydrogen) atoms. The van der Waals surface area contributed by atoms with Crippen molar-refractivity contribution in [2.24, 2.45) is 0 Å². The van der Waals surface area contributed by atoms with Crippen molar-refractivity contribution in [3.8, 4) is 56.7 Å². The van der Waals surface area contributed by atoms with Crippen molar-refractivity contribution in [3.05, 3.63) is 200 Å². The van der Waals surface area contributed by atoms with Crippen LogP contribution in [0.2, 0.25) is 0 Å². The van der Waals surface area contributed by atoms with E-state index in [0.29, 0.717) is 17.5 Å². The van der Waals surface area contributed by atoms with Gasteiger partial charge >= 0.3 is 0 Å². The van der Waals surface area contributed by atoms with Gasteiger partial charge in [0.25, 0.3) is 0 Å². The van der Waals surface area contributed by atoms with E-state index in [1.165, 1.54) is 32.6 Å². The molecule has 3 heterocycles. The smallest absolute Gasteiger partial charge is 0.164 e. The minimum absolute atomic E-state index is 0.617. The zero-order valence-corrected chi connectivity index (χ0v) is 30.3. The third kappa shape index (κ3) is 5.13. The maximum absolute atomic E-state index is 5.12. The minimum atomic E-state index is 0.617. The third-order valence-electron chi connectivity index (χ3n) is 10.8. The van der Waals surface area contributed by atoms with Crippen LogP contribution in [-0.2, 0) is 0 Å². The van der Waals surface area contributed by atoms with E-state index in [4.69, 9.17) is 15.0 Å². The molecule has 0 aliphatic rings. The van der Waals surface area contributed by atoms with E-state index in [2.05, 4.69) is 149 Å². The van der Waals surface area contributed by atoms with E-state index in [0.717, 1.165) is 50.2 Å². The summed E-state index contributed by atoms with van der Waals surface area (Å²) in [6.07, 6.45) is 0. The molecule has 0 saturated carbocycles. The predicted molar refractivity (Wildman–Crippen MR) is 230 cm³/mol. The Hall–Kier alpha value is -7.63. The van der Waals surface area contributed by atoms with Gasteiger partial charge in [-0.1, -0.05) is 164 Å². The van der Waals surface area contributed by atoms with Crippen LogP contribution in [0.15, 0.2) is 200 Å². The molecule has 11 rings (SSSR count). The van der Waals surface area contributed by atoms with E-state index in [-0.39, 0.29) is 0 Å². The van der Waals surface area contributed by atoms with Gasteiger partial charge in [-0.3, -0.25) is 0 Å². The molecule has 262 valence electrons. The molecule has 0 fully saturated rings. The monoisotopic (exact) mass is 715 g/mol. The largest absolute Gasteiger partial charge is 0.309 e. The number of hydrogen-bond donors (Lipinski definition) is 0. The molecule has 3 aromatic heterocycles. The number of rotatable bonds is 6. The van der Waals surface area contributed by atoms with Crippen molar-refractivity contribution in [1.29, 1.82) is 0 Å². The Kier molecular flexibility index (Phi) is 7.42. The van der Waals surface area contributed by atoms with Crippen molar-refractivity contribution in [2.75, 3.05) is 0 Å². The first-order valence-corrected chi connectivity index (χ1v) is 18.9. The first kappa shape index (κ1) is 31.9. The van der Waals surface area contributed by atoms with Gasteiger partial charge in [0.2, 0.25) is 0 Å². The van der Waals surface area contributed by atoms with E-state index in [1.807, 2.05) is 60.7 Å². The summed E-state index contributed by atoms with van der Waals surface area (Å²) in [6.45, 7) is 0. The van der Waals surface area contributed by atoms with Gasteiger partial charge < -0.3 is 9.13 Å². The molecule has 0 radical (unpaired) electrons. The van der Waals surface area contributed by atoms with Crippen LogP contribution in [0.1, 0.15) is 0 Å². The molecule has 0 aliphatic heterocycles. The van der Waals surface area contributed by atoms with E-state index in [9.17, 15) is 0 Å². The summed E-state index contributed by atoms with van der Waals surface area (Å²) in [5.41, 5.74) is 11.8. The van der Waals surface area contributed by atoms with E-state index >= 15 is 0 Å². The van der Waals surface area contributed by atoms with Crippen LogP contribution in [0.3, 0.4) is 0 Å². The second kappa shape index (κ2) is 13.0. The molecule has 0 atom stereocenters. The zero-order valence-electron chi connectivity index (χ0n) is 30.3. The maximum Gasteiger partial charge on any atom is 0.164 e. The molecular weight excluding hydrogens is 683 g/mol. The number of fused-ring (bicyclic) bond motifs is 7. The Labute approximate surface area is 323 Å². The van der Waals surface area contributed by atoms with Crippen LogP contribution in [0.4, 0.5) is 0 Å². The van der Waals surface area contributed by atoms with Gasteiger partial charge in [0.15, 0.2) is 17.5 Å². The van der Waals surface area contributed by atoms with Gasteiger partial charge in [-0.25, -0.2) is 15.0 Å². The number of aromatic nitrogens is 5. The maximum atomic E-state index is 5.12. The Balaban J connectivity index is 1.23. The molecule has 0 unspecified atom stereocenters. The van der Waals surface area contributed by atoms with Crippen molar-refractivity contribution in [3.63, 3.8) is 0 Å². The zero-order chi connectivity index (χ0) is 37.0. The fourth-order valence-electron chi connectivity index (χ4n) is 8.27. The molecule has 5 heteroatoms. The van der Waals surface area contributed by atoms with Crippen molar-refractivity contribution in [1.82, 2.24) is 24.1 Å². The highest BCUT2D eigenvalue weighted by atomic mass is 15.0. The van der Waals surface area contributed by atoms with Crippen LogP contribution in [-0.4, -0.2) is 24.1 Å². The van der Waals surface area contributed by atoms with Gasteiger partial charge in [-0.05, 0) is 42.0 Å². The van der Waals surface area contributed by atoms with Crippen LogP contribution in [0.25, 0.3) is 100 Å². The molecular formula is C51H33N5. The highest BCUT2D eigenvalue weighted by Gasteiger charge is 2.23. The fourth-order valence-corrected chi connectivity index (χ4v) is 8.27. The Morgan fingerprint density at radius 3 is 1.45 bits per heavy atom. The molecule has 11 aromatic rings. The summed E-state index contributed by atoms with van der Waals surface area (Å²) in [5, 5.41) is 4.86. The summed E-state index contributed by atoms with van der Waals surface area (Å²) in [5.74, 6) is 1.89. The first-order valence-electron chi connectivity index (χ1n) is 18.9. The van der Waals surface area contributed by atoms with Gasteiger partial charge in [0.1, 0.15) is 0 Å². The molecule has 0 saturated heterocycles. The SMILES string of the molecule is c1ccc(-c2nc(-c3ccccc3)nc(-c3ccc(-c4ccccc4)c(-n4c5ccccc5c5c4ccc4c6ccccc6n(-c6ccccc6)c45)c3)n2)cc1. The lowest BCUT2D eigenvalue weighted by molar-refractivity contribution is 1.07. The van der Waals surface area contributed by atoms with Crippen LogP contribution in [0.5, 0.6) is 0 Å². The number of benzene rings is 8. The highest BCUT2D eigenvalue weighted by molar-refractivity contribution is 6.26. The lowest BCUT2D eigenvalue weighted by atomic mass is 10.0. The minimum Gasteiger partial charge on any atom is -0.309 e. The van der Waals surface area contributed by atoms with Gasteiger partial charge in [-0.2, -0.15) is 0 Å². The predicted octanol–water partition coefficient (Wildman–Crippen LogP) is 12.7. The van der Waals surface area contributed by atoms with E-state index in [1.54, 1.807) is 0 Å². The molecule has 0 spiro atoms. The molecule has 0 N–H and O–H groups in total. The first-order chi connectivity index (χ1) is 27.8. The number of hydrogen-bond acceptors (Lipinski definition) is 3. The average molecular weight is 716 g/mol. The van der Waals surface area contributed by atoms with Gasteiger partial charge in [0.05, 0.1) is 27.8 Å². The van der Waals surface area contributed by atoms with E-state index < -0.39 is 0 Å². The Morgan fingerprint density at radius 1 is 0.321 bits per heavy atom. The standard InChI is InChI=1S/C51H33N5/c1-5-17-34(18-6-1)39-30-29-37(51-53-49(35-19-7-2-8-20-35)52-50(54-51)36-21-9-3-10-22-36)33-46(39)56-44-28-16-14-26-42(44)47-45(56)32-31-41-40-25-13-15-27-43(40)55(48(41)47)38-23-11-4-12-24-38/h1-33H. The van der Waals surface area contributed by atoms with Gasteiger partial charge in [0, 0.05) is 49.5 Å². The summed E-state index contributed by atoms with van der Waals surface area (Å²) in [6, 6.07) is 70.3. The topological polar surface area (TPSA) is 48.5 Å². The number of nitrogens with zero attached hydrogens (tertiary/aromatic N) is 5. The normalized spacial score (nSPS) is 11.6. The third-order valence-corrected chi connectivity index (χ3v) is 10.8. The summed E-state index contributed by atoms with van der Waals surface area (Å²) in [4.78, 5) is 15.2. The second-order valence-electron chi connectivity index (χ2n) is 14.0. The van der Waals surface area contributed by atoms with Crippen molar-refractivity contribution >= 4 is 43.6 Å². The lowest BCUT2D eigenvalue weighted by Crippen LogP contribution is -2.02. The number of para-hydroxylation sites is 3. The summed E-state index contributed by atoms with van der Waals surface area (Å²) < 4.78 is 4.86. The van der Waals surface area contributed by atoms with Crippen molar-refractivity contribution < 1.29 is 0 Å². The summed E-state index contributed by atoms with van der Waals surface area (Å²) >= 11 is 0. The second-order valence-corrected chi connectivity index (χ2v) is 14.0. The van der Waals surface area contributed by atoms with Crippen LogP contribution >= 0.6 is 0 Å². The highest BCUT2D eigenvalue weighted by Crippen LogP contribution is 2.44. The molecule has 0 amide bonds. The molecule has 5 nitrogen and oxygen atoms in total. The fraction of sp³-hybridized carbons (Fsp3) is 0. The lowest BCUT2D eigenvalue weighted by Gasteiger charge is -2.16. The Morgan fingerprint density at radius 2 is 0.821 bits per heavy atom. The van der Waals surface area contributed by atoms with Crippen molar-refractivity contribution in [2.45, 2.75) is 0 Å². The Bertz CT molecular complexity index is 3160. The quantitative estimate of drug-likeness (QED) is 0.172.